The molecule has 3 heterocycles. The van der Waals surface area contributed by atoms with Crippen LogP contribution in [-0.4, -0.2) is 66.3 Å². The van der Waals surface area contributed by atoms with Gasteiger partial charge in [-0.15, -0.1) is 0 Å². The van der Waals surface area contributed by atoms with E-state index in [0.717, 1.165) is 42.9 Å². The molecule has 0 aromatic rings. The maximum Gasteiger partial charge on any atom is 0.306 e. The van der Waals surface area contributed by atoms with Crippen molar-refractivity contribution in [1.82, 2.24) is 5.32 Å². The fraction of sp³-hybridized carbons (Fsp3) is 0.769. The molecular formula is C39H62N6O4. The minimum atomic E-state index is -0.727. The van der Waals surface area contributed by atoms with Gasteiger partial charge in [-0.05, 0) is 32.8 Å². The second kappa shape index (κ2) is 13.5. The van der Waals surface area contributed by atoms with Gasteiger partial charge in [-0.1, -0.05) is 95.9 Å². The van der Waals surface area contributed by atoms with Crippen molar-refractivity contribution in [1.29, 1.82) is 0 Å². The number of amidine groups is 4. The lowest BCUT2D eigenvalue weighted by Crippen LogP contribution is -2.39. The van der Waals surface area contributed by atoms with E-state index in [1.807, 2.05) is 41.5 Å². The van der Waals surface area contributed by atoms with Crippen LogP contribution in [0.3, 0.4) is 0 Å². The molecule has 272 valence electrons. The smallest absolute Gasteiger partial charge is 0.306 e. The van der Waals surface area contributed by atoms with Gasteiger partial charge in [0.1, 0.15) is 23.3 Å². The number of carbonyl (C=O) groups is 2. The van der Waals surface area contributed by atoms with Crippen LogP contribution in [0.15, 0.2) is 36.7 Å². The third kappa shape index (κ3) is 7.34. The first-order chi connectivity index (χ1) is 22.5. The average molecular weight is 679 g/mol. The predicted molar refractivity (Wildman–Crippen MR) is 200 cm³/mol. The lowest BCUT2D eigenvalue weighted by atomic mass is 9.65. The summed E-state index contributed by atoms with van der Waals surface area (Å²) in [5.74, 6) is 2.14. The van der Waals surface area contributed by atoms with E-state index in [-0.39, 0.29) is 53.1 Å². The molecule has 1 saturated carbocycles. The Morgan fingerprint density at radius 2 is 1.18 bits per heavy atom. The van der Waals surface area contributed by atoms with Crippen LogP contribution in [0.1, 0.15) is 135 Å². The van der Waals surface area contributed by atoms with E-state index in [0.29, 0.717) is 30.7 Å². The summed E-state index contributed by atoms with van der Waals surface area (Å²) in [5, 5.41) is 3.72. The summed E-state index contributed by atoms with van der Waals surface area (Å²) >= 11 is 0. The van der Waals surface area contributed by atoms with Crippen molar-refractivity contribution in [2.24, 2.45) is 57.5 Å². The molecule has 10 heteroatoms. The van der Waals surface area contributed by atoms with Crippen molar-refractivity contribution >= 4 is 41.0 Å². The number of hydrogen-bond acceptors (Lipinski definition) is 10. The van der Waals surface area contributed by atoms with Crippen LogP contribution >= 0.6 is 0 Å². The van der Waals surface area contributed by atoms with Gasteiger partial charge in [0.25, 0.3) is 0 Å². The zero-order valence-corrected chi connectivity index (χ0v) is 32.8. The Kier molecular flexibility index (Phi) is 10.7. The Labute approximate surface area is 294 Å². The molecule has 4 aliphatic rings. The molecule has 4 rings (SSSR count). The lowest BCUT2D eigenvalue weighted by Gasteiger charge is -2.36. The van der Waals surface area contributed by atoms with E-state index in [9.17, 15) is 9.59 Å². The number of rotatable bonds is 8. The van der Waals surface area contributed by atoms with Gasteiger partial charge in [0.05, 0.1) is 43.9 Å². The molecule has 0 aromatic heterocycles. The molecule has 2 fully saturated rings. The summed E-state index contributed by atoms with van der Waals surface area (Å²) in [6, 6.07) is -0.378. The molecule has 4 bridgehead atoms. The maximum atomic E-state index is 12.9. The molecule has 1 saturated heterocycles. The number of ether oxygens (including phenoxy) is 2. The monoisotopic (exact) mass is 678 g/mol. The molecule has 0 spiro atoms. The number of fused-ring (bicyclic) bond motifs is 4. The average Bonchev–Trinajstić information content (AvgIpc) is 3.24. The molecule has 49 heavy (non-hydrogen) atoms. The third-order valence-electron chi connectivity index (χ3n) is 12.0. The van der Waals surface area contributed by atoms with Crippen LogP contribution in [0.25, 0.3) is 0 Å². The number of nitrogens with one attached hydrogen (secondary N) is 1. The van der Waals surface area contributed by atoms with Crippen molar-refractivity contribution < 1.29 is 19.1 Å². The Morgan fingerprint density at radius 3 is 1.65 bits per heavy atom. The highest BCUT2D eigenvalue weighted by Gasteiger charge is 2.54. The minimum absolute atomic E-state index is 0.139. The molecule has 1 N–H and O–H groups in total. The topological polar surface area (TPSA) is 126 Å². The fourth-order valence-corrected chi connectivity index (χ4v) is 6.89. The van der Waals surface area contributed by atoms with Crippen molar-refractivity contribution in [3.63, 3.8) is 0 Å². The SMILES string of the molecule is CCOC(=O)CC(C)(C)C1=N[C@@H]2CCCC[C@H]2N=C(C(C)(C)CC(=O)OCC)N=C2NC(=CC3=NC(=N1)C(C)(C)C3(C)C)C(C)(C)C2(C)C. The number of carbonyl (C=O) groups excluding carboxylic acids is 2. The summed E-state index contributed by atoms with van der Waals surface area (Å²) in [7, 11) is 0. The highest BCUT2D eigenvalue weighted by molar-refractivity contribution is 6.19. The maximum absolute atomic E-state index is 12.9. The van der Waals surface area contributed by atoms with Crippen LogP contribution < -0.4 is 5.32 Å². The first-order valence-electron chi connectivity index (χ1n) is 18.3. The summed E-state index contributed by atoms with van der Waals surface area (Å²) in [4.78, 5) is 52.6. The van der Waals surface area contributed by atoms with Gasteiger partial charge in [-0.25, -0.2) is 15.0 Å². The number of aliphatic imine (C=N–C) groups is 5. The van der Waals surface area contributed by atoms with Gasteiger partial charge in [-0.3, -0.25) is 19.6 Å². The number of nitrogens with zero attached hydrogens (tertiary/aromatic N) is 5. The van der Waals surface area contributed by atoms with Crippen LogP contribution in [0, 0.1) is 32.5 Å². The zero-order valence-electron chi connectivity index (χ0n) is 32.8. The van der Waals surface area contributed by atoms with Crippen LogP contribution in [-0.2, 0) is 19.1 Å². The Hall–Kier alpha value is -3.17. The van der Waals surface area contributed by atoms with E-state index in [1.165, 1.54) is 0 Å². The summed E-state index contributed by atoms with van der Waals surface area (Å²) in [6.07, 6.45) is 6.14. The van der Waals surface area contributed by atoms with Gasteiger partial charge in [0.2, 0.25) is 0 Å². The fourth-order valence-electron chi connectivity index (χ4n) is 6.89. The molecule has 0 radical (unpaired) electrons. The zero-order chi connectivity index (χ0) is 36.8. The number of allylic oxidation sites excluding steroid dienone is 2. The number of esters is 2. The predicted octanol–water partition coefficient (Wildman–Crippen LogP) is 7.91. The minimum Gasteiger partial charge on any atom is -0.466 e. The lowest BCUT2D eigenvalue weighted by molar-refractivity contribution is -0.145. The van der Waals surface area contributed by atoms with Crippen molar-refractivity contribution in [3.8, 4) is 0 Å². The van der Waals surface area contributed by atoms with E-state index < -0.39 is 16.2 Å². The van der Waals surface area contributed by atoms with E-state index in [2.05, 4.69) is 66.8 Å². The van der Waals surface area contributed by atoms with E-state index >= 15 is 0 Å². The second-order valence-corrected chi connectivity index (χ2v) is 17.6. The molecule has 10 nitrogen and oxygen atoms in total. The van der Waals surface area contributed by atoms with Crippen molar-refractivity contribution in [2.75, 3.05) is 13.2 Å². The highest BCUT2D eigenvalue weighted by Crippen LogP contribution is 2.52. The summed E-state index contributed by atoms with van der Waals surface area (Å²) in [6.45, 7) is 30.0. The normalized spacial score (nSPS) is 25.8. The Balaban J connectivity index is 2.06. The van der Waals surface area contributed by atoms with Crippen molar-refractivity contribution in [3.05, 3.63) is 11.8 Å². The van der Waals surface area contributed by atoms with Gasteiger partial charge >= 0.3 is 11.9 Å². The first kappa shape index (κ1) is 38.6. The third-order valence-corrected chi connectivity index (χ3v) is 12.0. The van der Waals surface area contributed by atoms with Gasteiger partial charge in [0.15, 0.2) is 0 Å². The molecule has 0 unspecified atom stereocenters. The summed E-state index contributed by atoms with van der Waals surface area (Å²) < 4.78 is 10.8. The standard InChI is InChI=1S/C39H62N6O4/c1-15-48-28(46)22-34(3,4)30-40-24-19-17-18-20-25(24)41-31(35(5,6)23-29(47)49-16-2)45-33-39(13,14)37(9,10)27(43-33)21-26-36(7,8)38(11,12)32(42-26)44-30/h21,24-25H,15-20,22-23H2,1-14H3,(H,40,42,44)/t24-,25-/m1/s1. The van der Waals surface area contributed by atoms with Crippen LogP contribution in [0.4, 0.5) is 0 Å². The molecule has 0 aromatic carbocycles. The quantitative estimate of drug-likeness (QED) is 0.261. The van der Waals surface area contributed by atoms with Gasteiger partial charge < -0.3 is 14.8 Å². The highest BCUT2D eigenvalue weighted by atomic mass is 16.5. The molecule has 3 aliphatic heterocycles. The molecule has 0 amide bonds. The largest absolute Gasteiger partial charge is 0.466 e. The Bertz CT molecular complexity index is 1520. The van der Waals surface area contributed by atoms with Gasteiger partial charge in [0, 0.05) is 38.2 Å². The van der Waals surface area contributed by atoms with Crippen LogP contribution in [0.2, 0.25) is 0 Å². The summed E-state index contributed by atoms with van der Waals surface area (Å²) in [5.41, 5.74) is -1.01. The second-order valence-electron chi connectivity index (χ2n) is 17.6. The molecule has 1 aliphatic carbocycles. The van der Waals surface area contributed by atoms with E-state index in [4.69, 9.17) is 34.4 Å². The van der Waals surface area contributed by atoms with Crippen molar-refractivity contribution in [2.45, 2.75) is 148 Å². The van der Waals surface area contributed by atoms with Crippen LogP contribution in [0.5, 0.6) is 0 Å². The molecular weight excluding hydrogens is 616 g/mol. The van der Waals surface area contributed by atoms with E-state index in [1.54, 1.807) is 0 Å². The first-order valence-corrected chi connectivity index (χ1v) is 18.3. The Morgan fingerprint density at radius 1 is 0.714 bits per heavy atom. The van der Waals surface area contributed by atoms with Gasteiger partial charge in [-0.2, -0.15) is 0 Å². The molecule has 2 atom stereocenters. The number of hydrogen-bond donors (Lipinski definition) is 1.